The van der Waals surface area contributed by atoms with Crippen LogP contribution >= 0.6 is 0 Å². The van der Waals surface area contributed by atoms with Gasteiger partial charge in [0, 0.05) is 6.61 Å². The zero-order chi connectivity index (χ0) is 15.1. The normalized spacial score (nSPS) is 36.0. The van der Waals surface area contributed by atoms with Crippen LogP contribution in [0.2, 0.25) is 0 Å². The zero-order valence-electron chi connectivity index (χ0n) is 11.3. The fraction of sp³-hybridized carbons (Fsp3) is 1.00. The Hall–Kier alpha value is -0.320. The fourth-order valence-corrected chi connectivity index (χ4v) is 2.06. The Morgan fingerprint density at radius 1 is 1.05 bits per heavy atom. The maximum Gasteiger partial charge on any atom is 0.186 e. The van der Waals surface area contributed by atoms with Crippen LogP contribution < -0.4 is 5.73 Å². The number of aliphatic hydroxyl groups excluding tert-OH is 5. The molecule has 8 nitrogen and oxygen atoms in total. The predicted octanol–water partition coefficient (Wildman–Crippen LogP) is -2.71. The van der Waals surface area contributed by atoms with Gasteiger partial charge in [0.15, 0.2) is 6.29 Å². The Morgan fingerprint density at radius 2 is 1.75 bits per heavy atom. The van der Waals surface area contributed by atoms with Crippen molar-refractivity contribution < 1.29 is 35.0 Å². The smallest absolute Gasteiger partial charge is 0.186 e. The maximum absolute atomic E-state index is 9.76. The van der Waals surface area contributed by atoms with Crippen molar-refractivity contribution in [3.8, 4) is 0 Å². The standard InChI is InChI=1S/C12H25NO7/c13-4-2-1-3-5-19-12-10(18)8(16)9(17)11(20-12)7(15)6-14/h7-12,14-18H,1-6,13H2. The van der Waals surface area contributed by atoms with Crippen molar-refractivity contribution in [3.63, 3.8) is 0 Å². The van der Waals surface area contributed by atoms with Gasteiger partial charge < -0.3 is 40.7 Å². The van der Waals surface area contributed by atoms with E-state index in [1.165, 1.54) is 0 Å². The van der Waals surface area contributed by atoms with E-state index in [2.05, 4.69) is 0 Å². The van der Waals surface area contributed by atoms with Crippen LogP contribution in [0.4, 0.5) is 0 Å². The molecule has 0 aromatic heterocycles. The van der Waals surface area contributed by atoms with E-state index in [4.69, 9.17) is 20.3 Å². The van der Waals surface area contributed by atoms with Crippen LogP contribution in [0, 0.1) is 0 Å². The molecule has 0 aromatic rings. The molecule has 1 saturated heterocycles. The van der Waals surface area contributed by atoms with E-state index < -0.39 is 43.4 Å². The number of nitrogens with two attached hydrogens (primary N) is 1. The molecule has 20 heavy (non-hydrogen) atoms. The lowest BCUT2D eigenvalue weighted by Crippen LogP contribution is -2.61. The van der Waals surface area contributed by atoms with Gasteiger partial charge in [-0.15, -0.1) is 0 Å². The SMILES string of the molecule is NCCCCCOC1OC(C(O)CO)C(O)C(O)C1O. The summed E-state index contributed by atoms with van der Waals surface area (Å²) in [5, 5.41) is 47.6. The summed E-state index contributed by atoms with van der Waals surface area (Å²) in [6.07, 6.45) is -5.71. The summed E-state index contributed by atoms with van der Waals surface area (Å²) in [6.45, 7) is 0.262. The highest BCUT2D eigenvalue weighted by atomic mass is 16.7. The Balaban J connectivity index is 2.48. The van der Waals surface area contributed by atoms with Crippen LogP contribution in [0.1, 0.15) is 19.3 Å². The highest BCUT2D eigenvalue weighted by Crippen LogP contribution is 2.24. The van der Waals surface area contributed by atoms with Crippen LogP contribution in [-0.4, -0.2) is 82.1 Å². The predicted molar refractivity (Wildman–Crippen MR) is 68.6 cm³/mol. The molecule has 1 aliphatic heterocycles. The van der Waals surface area contributed by atoms with E-state index in [1.807, 2.05) is 0 Å². The topological polar surface area (TPSA) is 146 Å². The number of hydrogen-bond acceptors (Lipinski definition) is 8. The van der Waals surface area contributed by atoms with Gasteiger partial charge in [0.25, 0.3) is 0 Å². The van der Waals surface area contributed by atoms with E-state index in [-0.39, 0.29) is 0 Å². The van der Waals surface area contributed by atoms with Gasteiger partial charge in [-0.05, 0) is 25.8 Å². The van der Waals surface area contributed by atoms with E-state index in [0.29, 0.717) is 13.2 Å². The third-order valence-electron chi connectivity index (χ3n) is 3.30. The summed E-state index contributed by atoms with van der Waals surface area (Å²) < 4.78 is 10.5. The lowest BCUT2D eigenvalue weighted by Gasteiger charge is -2.41. The van der Waals surface area contributed by atoms with Crippen LogP contribution in [0.25, 0.3) is 0 Å². The minimum atomic E-state index is -1.51. The van der Waals surface area contributed by atoms with Crippen molar-refractivity contribution in [1.29, 1.82) is 0 Å². The molecule has 120 valence electrons. The minimum Gasteiger partial charge on any atom is -0.394 e. The van der Waals surface area contributed by atoms with Gasteiger partial charge in [-0.2, -0.15) is 0 Å². The fourth-order valence-electron chi connectivity index (χ4n) is 2.06. The molecule has 6 unspecified atom stereocenters. The highest BCUT2D eigenvalue weighted by Gasteiger charge is 2.46. The van der Waals surface area contributed by atoms with Gasteiger partial charge in [0.05, 0.1) is 6.61 Å². The molecular weight excluding hydrogens is 270 g/mol. The first-order valence-corrected chi connectivity index (χ1v) is 6.83. The first-order chi connectivity index (χ1) is 9.52. The van der Waals surface area contributed by atoms with Gasteiger partial charge in [-0.1, -0.05) is 0 Å². The number of aliphatic hydroxyl groups is 5. The monoisotopic (exact) mass is 295 g/mol. The Labute approximate surface area is 117 Å². The summed E-state index contributed by atoms with van der Waals surface area (Å²) in [6, 6.07) is 0. The zero-order valence-corrected chi connectivity index (χ0v) is 11.3. The van der Waals surface area contributed by atoms with E-state index >= 15 is 0 Å². The average molecular weight is 295 g/mol. The molecule has 7 N–H and O–H groups in total. The van der Waals surface area contributed by atoms with Gasteiger partial charge in [-0.25, -0.2) is 0 Å². The molecule has 1 rings (SSSR count). The van der Waals surface area contributed by atoms with Crippen LogP contribution in [0.15, 0.2) is 0 Å². The molecule has 1 heterocycles. The summed E-state index contributed by atoms with van der Waals surface area (Å²) in [5.41, 5.74) is 5.36. The molecule has 0 aliphatic carbocycles. The Kier molecular flexibility index (Phi) is 7.85. The van der Waals surface area contributed by atoms with E-state index in [1.54, 1.807) is 0 Å². The molecule has 0 saturated carbocycles. The van der Waals surface area contributed by atoms with Gasteiger partial charge >= 0.3 is 0 Å². The Morgan fingerprint density at radius 3 is 2.35 bits per heavy atom. The molecule has 0 bridgehead atoms. The maximum atomic E-state index is 9.76. The van der Waals surface area contributed by atoms with Crippen molar-refractivity contribution in [2.24, 2.45) is 5.73 Å². The highest BCUT2D eigenvalue weighted by molar-refractivity contribution is 4.92. The second-order valence-corrected chi connectivity index (χ2v) is 4.91. The molecule has 1 fully saturated rings. The average Bonchev–Trinajstić information content (AvgIpc) is 2.46. The summed E-state index contributed by atoms with van der Waals surface area (Å²) in [5.74, 6) is 0. The molecule has 0 spiro atoms. The molecule has 0 radical (unpaired) electrons. The quantitative estimate of drug-likeness (QED) is 0.265. The molecule has 6 atom stereocenters. The van der Waals surface area contributed by atoms with Crippen molar-refractivity contribution in [1.82, 2.24) is 0 Å². The summed E-state index contributed by atoms with van der Waals surface area (Å²) in [4.78, 5) is 0. The van der Waals surface area contributed by atoms with E-state index in [0.717, 1.165) is 19.3 Å². The van der Waals surface area contributed by atoms with Gasteiger partial charge in [-0.3, -0.25) is 0 Å². The molecule has 0 aromatic carbocycles. The van der Waals surface area contributed by atoms with Crippen LogP contribution in [0.3, 0.4) is 0 Å². The Bertz CT molecular complexity index is 268. The number of unbranched alkanes of at least 4 members (excludes halogenated alkanes) is 2. The molecular formula is C12H25NO7. The lowest BCUT2D eigenvalue weighted by molar-refractivity contribution is -0.311. The minimum absolute atomic E-state index is 0.298. The van der Waals surface area contributed by atoms with Gasteiger partial charge in [0.2, 0.25) is 0 Å². The summed E-state index contributed by atoms with van der Waals surface area (Å²) in [7, 11) is 0. The van der Waals surface area contributed by atoms with Crippen molar-refractivity contribution >= 4 is 0 Å². The number of rotatable bonds is 8. The second kappa shape index (κ2) is 8.85. The third kappa shape index (κ3) is 4.61. The van der Waals surface area contributed by atoms with Crippen molar-refractivity contribution in [2.75, 3.05) is 19.8 Å². The van der Waals surface area contributed by atoms with Crippen LogP contribution in [0.5, 0.6) is 0 Å². The number of ether oxygens (including phenoxy) is 2. The van der Waals surface area contributed by atoms with Crippen molar-refractivity contribution in [2.45, 2.75) is 56.1 Å². The first-order valence-electron chi connectivity index (χ1n) is 6.83. The van der Waals surface area contributed by atoms with Gasteiger partial charge in [0.1, 0.15) is 30.5 Å². The molecule has 8 heteroatoms. The van der Waals surface area contributed by atoms with Crippen molar-refractivity contribution in [3.05, 3.63) is 0 Å². The molecule has 0 amide bonds. The lowest BCUT2D eigenvalue weighted by atomic mass is 9.95. The summed E-state index contributed by atoms with van der Waals surface area (Å²) >= 11 is 0. The number of hydrogen-bond donors (Lipinski definition) is 6. The second-order valence-electron chi connectivity index (χ2n) is 4.91. The first kappa shape index (κ1) is 17.7. The third-order valence-corrected chi connectivity index (χ3v) is 3.30. The van der Waals surface area contributed by atoms with Crippen LogP contribution in [-0.2, 0) is 9.47 Å². The van der Waals surface area contributed by atoms with E-state index in [9.17, 15) is 20.4 Å². The largest absolute Gasteiger partial charge is 0.394 e. The molecule has 1 aliphatic rings.